The van der Waals surface area contributed by atoms with E-state index in [1.165, 1.54) is 0 Å². The van der Waals surface area contributed by atoms with Crippen LogP contribution in [0.3, 0.4) is 0 Å². The van der Waals surface area contributed by atoms with Crippen LogP contribution in [-0.4, -0.2) is 5.91 Å². The van der Waals surface area contributed by atoms with Gasteiger partial charge in [0.25, 0.3) is 0 Å². The van der Waals surface area contributed by atoms with Gasteiger partial charge < -0.3 is 5.73 Å². The molecule has 1 aliphatic carbocycles. The number of carbonyl (C=O) groups is 1. The van der Waals surface area contributed by atoms with Gasteiger partial charge in [-0.25, -0.2) is 0 Å². The Bertz CT molecular complexity index is 270. The van der Waals surface area contributed by atoms with Crippen LogP contribution in [0.5, 0.6) is 0 Å². The van der Waals surface area contributed by atoms with Gasteiger partial charge in [0.15, 0.2) is 0 Å². The summed E-state index contributed by atoms with van der Waals surface area (Å²) in [6.07, 6.45) is 12.8. The minimum Gasteiger partial charge on any atom is -0.368 e. The van der Waals surface area contributed by atoms with Gasteiger partial charge in [-0.2, -0.15) is 0 Å². The number of carbonyl (C=O) groups excluding carboxylic acids is 1. The first-order valence-corrected chi connectivity index (χ1v) is 3.33. The van der Waals surface area contributed by atoms with Crippen molar-refractivity contribution in [2.24, 2.45) is 11.1 Å². The predicted octanol–water partition coefficient (Wildman–Crippen LogP) is 0.607. The van der Waals surface area contributed by atoms with Crippen molar-refractivity contribution in [3.8, 4) is 12.3 Å². The molecular formula is C9H9NO. The lowest BCUT2D eigenvalue weighted by atomic mass is 9.82. The van der Waals surface area contributed by atoms with Crippen molar-refractivity contribution in [1.82, 2.24) is 0 Å². The molecule has 0 spiro atoms. The highest BCUT2D eigenvalue weighted by atomic mass is 16.1. The number of hydrogen-bond acceptors (Lipinski definition) is 1. The minimum atomic E-state index is -0.880. The van der Waals surface area contributed by atoms with Crippen molar-refractivity contribution >= 4 is 5.91 Å². The van der Waals surface area contributed by atoms with E-state index in [1.807, 2.05) is 12.2 Å². The minimum absolute atomic E-state index is 0.458. The first-order chi connectivity index (χ1) is 5.21. The molecule has 0 saturated carbocycles. The number of hydrogen-bond donors (Lipinski definition) is 1. The SMILES string of the molecule is C#CC1(C(N)=O)C=CC=CC1. The number of nitrogens with two attached hydrogens (primary N) is 1. The number of primary amides is 1. The van der Waals surface area contributed by atoms with Crippen LogP contribution in [0.1, 0.15) is 6.42 Å². The average Bonchev–Trinajstić information content (AvgIpc) is 2.05. The highest BCUT2D eigenvalue weighted by Crippen LogP contribution is 2.25. The zero-order chi connectivity index (χ0) is 8.32. The Morgan fingerprint density at radius 2 is 2.36 bits per heavy atom. The lowest BCUT2D eigenvalue weighted by Crippen LogP contribution is -2.34. The summed E-state index contributed by atoms with van der Waals surface area (Å²) in [4.78, 5) is 10.9. The van der Waals surface area contributed by atoms with E-state index in [4.69, 9.17) is 12.2 Å². The molecule has 56 valence electrons. The highest BCUT2D eigenvalue weighted by molar-refractivity contribution is 5.87. The monoisotopic (exact) mass is 147 g/mol. The fraction of sp³-hybridized carbons (Fsp3) is 0.222. The van der Waals surface area contributed by atoms with Crippen LogP contribution < -0.4 is 5.73 Å². The van der Waals surface area contributed by atoms with Crippen molar-refractivity contribution in [2.45, 2.75) is 6.42 Å². The molecule has 1 rings (SSSR count). The van der Waals surface area contributed by atoms with Gasteiger partial charge in [-0.05, 0) is 6.42 Å². The van der Waals surface area contributed by atoms with Crippen molar-refractivity contribution in [3.05, 3.63) is 24.3 Å². The van der Waals surface area contributed by atoms with Crippen molar-refractivity contribution in [2.75, 3.05) is 0 Å². The summed E-state index contributed by atoms with van der Waals surface area (Å²) in [6, 6.07) is 0. The maximum absolute atomic E-state index is 10.9. The molecule has 2 heteroatoms. The molecule has 0 heterocycles. The Morgan fingerprint density at radius 3 is 2.64 bits per heavy atom. The molecule has 0 saturated heterocycles. The Balaban J connectivity index is 2.97. The molecule has 1 unspecified atom stereocenters. The van der Waals surface area contributed by atoms with Gasteiger partial charge in [-0.3, -0.25) is 4.79 Å². The second kappa shape index (κ2) is 2.63. The quantitative estimate of drug-likeness (QED) is 0.542. The van der Waals surface area contributed by atoms with Gasteiger partial charge in [0.2, 0.25) is 5.91 Å². The lowest BCUT2D eigenvalue weighted by Gasteiger charge is -2.20. The fourth-order valence-corrected chi connectivity index (χ4v) is 0.981. The van der Waals surface area contributed by atoms with E-state index in [9.17, 15) is 4.79 Å². The normalized spacial score (nSPS) is 27.9. The Kier molecular flexibility index (Phi) is 1.82. The third-order valence-corrected chi connectivity index (χ3v) is 1.77. The second-order valence-corrected chi connectivity index (χ2v) is 2.47. The molecule has 1 amide bonds. The predicted molar refractivity (Wildman–Crippen MR) is 43.4 cm³/mol. The van der Waals surface area contributed by atoms with Crippen LogP contribution in [0.4, 0.5) is 0 Å². The van der Waals surface area contributed by atoms with E-state index in [-0.39, 0.29) is 0 Å². The molecular weight excluding hydrogens is 138 g/mol. The lowest BCUT2D eigenvalue weighted by molar-refractivity contribution is -0.122. The molecule has 0 fully saturated rings. The average molecular weight is 147 g/mol. The van der Waals surface area contributed by atoms with Crippen LogP contribution in [0.2, 0.25) is 0 Å². The largest absolute Gasteiger partial charge is 0.368 e. The van der Waals surface area contributed by atoms with E-state index in [0.29, 0.717) is 6.42 Å². The van der Waals surface area contributed by atoms with E-state index in [0.717, 1.165) is 0 Å². The second-order valence-electron chi connectivity index (χ2n) is 2.47. The molecule has 0 aromatic carbocycles. The van der Waals surface area contributed by atoms with Gasteiger partial charge >= 0.3 is 0 Å². The molecule has 2 N–H and O–H groups in total. The van der Waals surface area contributed by atoms with E-state index in [2.05, 4.69) is 5.92 Å². The van der Waals surface area contributed by atoms with E-state index >= 15 is 0 Å². The zero-order valence-corrected chi connectivity index (χ0v) is 6.08. The smallest absolute Gasteiger partial charge is 0.239 e. The third kappa shape index (κ3) is 1.18. The maximum atomic E-state index is 10.9. The molecule has 0 aromatic heterocycles. The first-order valence-electron chi connectivity index (χ1n) is 3.33. The molecule has 0 aliphatic heterocycles. The zero-order valence-electron chi connectivity index (χ0n) is 6.08. The summed E-state index contributed by atoms with van der Waals surface area (Å²) in [7, 11) is 0. The molecule has 1 aliphatic rings. The van der Waals surface area contributed by atoms with Crippen LogP contribution in [0, 0.1) is 17.8 Å². The molecule has 0 bridgehead atoms. The molecule has 11 heavy (non-hydrogen) atoms. The Hall–Kier alpha value is -1.49. The van der Waals surface area contributed by atoms with Crippen molar-refractivity contribution in [3.63, 3.8) is 0 Å². The summed E-state index contributed by atoms with van der Waals surface area (Å²) < 4.78 is 0. The van der Waals surface area contributed by atoms with Gasteiger partial charge in [0, 0.05) is 0 Å². The van der Waals surface area contributed by atoms with Gasteiger partial charge in [-0.15, -0.1) is 6.42 Å². The van der Waals surface area contributed by atoms with Crippen LogP contribution in [0.15, 0.2) is 24.3 Å². The van der Waals surface area contributed by atoms with Crippen LogP contribution in [-0.2, 0) is 4.79 Å². The van der Waals surface area contributed by atoms with E-state index < -0.39 is 11.3 Å². The van der Waals surface area contributed by atoms with Gasteiger partial charge in [0.05, 0.1) is 0 Å². The first kappa shape index (κ1) is 7.62. The van der Waals surface area contributed by atoms with E-state index in [1.54, 1.807) is 12.2 Å². The maximum Gasteiger partial charge on any atom is 0.239 e. The number of amides is 1. The molecule has 0 aromatic rings. The summed E-state index contributed by atoms with van der Waals surface area (Å²) in [5.41, 5.74) is 4.27. The standard InChI is InChI=1S/C9H9NO/c1-2-9(8(10)11)6-4-3-5-7-9/h1,3-6H,7H2,(H2,10,11). The Morgan fingerprint density at radius 1 is 1.64 bits per heavy atom. The number of rotatable bonds is 1. The topological polar surface area (TPSA) is 43.1 Å². The number of terminal acetylenes is 1. The molecule has 0 radical (unpaired) electrons. The molecule has 1 atom stereocenters. The highest BCUT2D eigenvalue weighted by Gasteiger charge is 2.30. The summed E-state index contributed by atoms with van der Waals surface area (Å²) in [6.45, 7) is 0. The van der Waals surface area contributed by atoms with Crippen LogP contribution in [0.25, 0.3) is 0 Å². The summed E-state index contributed by atoms with van der Waals surface area (Å²) in [5, 5.41) is 0. The fourth-order valence-electron chi connectivity index (χ4n) is 0.981. The van der Waals surface area contributed by atoms with Gasteiger partial charge in [0.1, 0.15) is 5.41 Å². The summed E-state index contributed by atoms with van der Waals surface area (Å²) >= 11 is 0. The van der Waals surface area contributed by atoms with Crippen molar-refractivity contribution < 1.29 is 4.79 Å². The third-order valence-electron chi connectivity index (χ3n) is 1.77. The Labute approximate surface area is 65.8 Å². The summed E-state index contributed by atoms with van der Waals surface area (Å²) in [5.74, 6) is 1.95. The van der Waals surface area contributed by atoms with Gasteiger partial charge in [-0.1, -0.05) is 30.2 Å². The number of allylic oxidation sites excluding steroid dienone is 3. The molecule has 2 nitrogen and oxygen atoms in total. The van der Waals surface area contributed by atoms with Crippen LogP contribution >= 0.6 is 0 Å². The van der Waals surface area contributed by atoms with Crippen molar-refractivity contribution in [1.29, 1.82) is 0 Å².